The lowest BCUT2D eigenvalue weighted by atomic mass is 9.80. The molecule has 154 valence electrons. The SMILES string of the molecule is COc1cccc(CN2CCC3(COCc4cnc(N(C)C)nc43)C2)c1[N+](=O)[O-]. The molecule has 0 saturated carbocycles. The van der Waals surface area contributed by atoms with Crippen LogP contribution in [0.15, 0.2) is 24.4 Å². The number of para-hydroxylation sites is 1. The van der Waals surface area contributed by atoms with Crippen molar-refractivity contribution in [3.05, 3.63) is 51.3 Å². The molecule has 9 heteroatoms. The van der Waals surface area contributed by atoms with Gasteiger partial charge in [0.25, 0.3) is 0 Å². The number of ether oxygens (including phenoxy) is 2. The van der Waals surface area contributed by atoms with Crippen LogP contribution in [0.2, 0.25) is 0 Å². The van der Waals surface area contributed by atoms with Crippen molar-refractivity contribution < 1.29 is 14.4 Å². The van der Waals surface area contributed by atoms with Gasteiger partial charge in [0.15, 0.2) is 5.75 Å². The van der Waals surface area contributed by atoms with Crippen LogP contribution >= 0.6 is 0 Å². The van der Waals surface area contributed by atoms with Crippen molar-refractivity contribution in [1.82, 2.24) is 14.9 Å². The highest BCUT2D eigenvalue weighted by molar-refractivity contribution is 5.52. The van der Waals surface area contributed by atoms with Gasteiger partial charge in [-0.3, -0.25) is 15.0 Å². The maximum absolute atomic E-state index is 11.6. The third-order valence-electron chi connectivity index (χ3n) is 5.70. The average molecular weight is 399 g/mol. The number of methoxy groups -OCH3 is 1. The smallest absolute Gasteiger partial charge is 0.315 e. The Morgan fingerprint density at radius 3 is 2.97 bits per heavy atom. The molecule has 1 aromatic heterocycles. The monoisotopic (exact) mass is 399 g/mol. The first-order chi connectivity index (χ1) is 13.9. The van der Waals surface area contributed by atoms with Gasteiger partial charge in [0.2, 0.25) is 5.95 Å². The average Bonchev–Trinajstić information content (AvgIpc) is 3.10. The van der Waals surface area contributed by atoms with Gasteiger partial charge >= 0.3 is 5.69 Å². The minimum absolute atomic E-state index is 0.0356. The van der Waals surface area contributed by atoms with Gasteiger partial charge in [-0.25, -0.2) is 9.97 Å². The van der Waals surface area contributed by atoms with Crippen LogP contribution in [0, 0.1) is 10.1 Å². The number of nitro benzene ring substituents is 1. The predicted octanol–water partition coefficient (Wildman–Crippen LogP) is 2.13. The first-order valence-electron chi connectivity index (χ1n) is 9.57. The molecule has 2 aromatic rings. The second kappa shape index (κ2) is 7.57. The summed E-state index contributed by atoms with van der Waals surface area (Å²) < 4.78 is 11.1. The molecule has 4 rings (SSSR count). The van der Waals surface area contributed by atoms with Crippen molar-refractivity contribution >= 4 is 11.6 Å². The molecule has 2 aliphatic heterocycles. The van der Waals surface area contributed by atoms with Gasteiger partial charge < -0.3 is 14.4 Å². The molecule has 29 heavy (non-hydrogen) atoms. The summed E-state index contributed by atoms with van der Waals surface area (Å²) in [6.45, 7) is 3.15. The molecule has 1 saturated heterocycles. The van der Waals surface area contributed by atoms with E-state index in [0.717, 1.165) is 30.8 Å². The molecule has 0 amide bonds. The molecule has 1 spiro atoms. The van der Waals surface area contributed by atoms with Crippen LogP contribution < -0.4 is 9.64 Å². The van der Waals surface area contributed by atoms with Crippen molar-refractivity contribution in [2.75, 3.05) is 45.8 Å². The molecule has 1 atom stereocenters. The molecular weight excluding hydrogens is 374 g/mol. The number of hydrogen-bond acceptors (Lipinski definition) is 8. The molecule has 0 N–H and O–H groups in total. The number of anilines is 1. The third kappa shape index (κ3) is 3.51. The lowest BCUT2D eigenvalue weighted by Crippen LogP contribution is -2.40. The Bertz CT molecular complexity index is 935. The minimum atomic E-state index is -0.365. The molecule has 3 heterocycles. The third-order valence-corrected chi connectivity index (χ3v) is 5.70. The van der Waals surface area contributed by atoms with E-state index in [0.29, 0.717) is 31.3 Å². The summed E-state index contributed by atoms with van der Waals surface area (Å²) in [7, 11) is 5.31. The lowest BCUT2D eigenvalue weighted by Gasteiger charge is -2.34. The first kappa shape index (κ1) is 19.5. The minimum Gasteiger partial charge on any atom is -0.490 e. The Kier molecular flexibility index (Phi) is 5.10. The number of benzene rings is 1. The van der Waals surface area contributed by atoms with Gasteiger partial charge in [-0.1, -0.05) is 12.1 Å². The fraction of sp³-hybridized carbons (Fsp3) is 0.500. The molecule has 0 aliphatic carbocycles. The van der Waals surface area contributed by atoms with Gasteiger partial charge in [0, 0.05) is 44.5 Å². The summed E-state index contributed by atoms with van der Waals surface area (Å²) >= 11 is 0. The van der Waals surface area contributed by atoms with Crippen molar-refractivity contribution in [1.29, 1.82) is 0 Å². The Balaban J connectivity index is 1.62. The number of nitro groups is 1. The maximum Gasteiger partial charge on any atom is 0.315 e. The number of likely N-dealkylation sites (tertiary alicyclic amines) is 1. The highest BCUT2D eigenvalue weighted by atomic mass is 16.6. The van der Waals surface area contributed by atoms with Crippen LogP contribution in [0.4, 0.5) is 11.6 Å². The zero-order valence-electron chi connectivity index (χ0n) is 16.9. The lowest BCUT2D eigenvalue weighted by molar-refractivity contribution is -0.386. The van der Waals surface area contributed by atoms with Crippen LogP contribution in [0.3, 0.4) is 0 Å². The number of fused-ring (bicyclic) bond motifs is 2. The summed E-state index contributed by atoms with van der Waals surface area (Å²) in [4.78, 5) is 24.6. The van der Waals surface area contributed by atoms with Gasteiger partial charge in [-0.05, 0) is 19.0 Å². The Labute approximate surface area is 169 Å². The largest absolute Gasteiger partial charge is 0.490 e. The van der Waals surface area contributed by atoms with Crippen molar-refractivity contribution in [3.63, 3.8) is 0 Å². The van der Waals surface area contributed by atoms with Crippen LogP contribution in [0.1, 0.15) is 23.2 Å². The van der Waals surface area contributed by atoms with E-state index in [9.17, 15) is 10.1 Å². The molecule has 0 bridgehead atoms. The standard InChI is InChI=1S/C20H25N5O4/c1-23(2)19-21-9-15-11-29-13-20(18(15)22-19)7-8-24(12-20)10-14-5-4-6-16(28-3)17(14)25(26)27/h4-6,9H,7-8,10-13H2,1-3H3. The Morgan fingerprint density at radius 1 is 1.41 bits per heavy atom. The second-order valence-electron chi connectivity index (χ2n) is 7.90. The fourth-order valence-electron chi connectivity index (χ4n) is 4.31. The summed E-state index contributed by atoms with van der Waals surface area (Å²) in [5.74, 6) is 0.975. The van der Waals surface area contributed by atoms with E-state index in [2.05, 4.69) is 9.88 Å². The van der Waals surface area contributed by atoms with Crippen LogP contribution in [-0.2, 0) is 23.3 Å². The first-order valence-corrected chi connectivity index (χ1v) is 9.57. The summed E-state index contributed by atoms with van der Waals surface area (Å²) in [6.07, 6.45) is 2.75. The second-order valence-corrected chi connectivity index (χ2v) is 7.90. The van der Waals surface area contributed by atoms with Gasteiger partial charge in [-0.2, -0.15) is 0 Å². The zero-order valence-corrected chi connectivity index (χ0v) is 16.9. The van der Waals surface area contributed by atoms with E-state index in [4.69, 9.17) is 14.5 Å². The molecule has 0 radical (unpaired) electrons. The number of rotatable bonds is 5. The van der Waals surface area contributed by atoms with E-state index in [1.165, 1.54) is 7.11 Å². The van der Waals surface area contributed by atoms with Crippen molar-refractivity contribution in [3.8, 4) is 5.75 Å². The fourth-order valence-corrected chi connectivity index (χ4v) is 4.31. The highest BCUT2D eigenvalue weighted by Crippen LogP contribution is 2.41. The predicted molar refractivity (Wildman–Crippen MR) is 107 cm³/mol. The quantitative estimate of drug-likeness (QED) is 0.558. The van der Waals surface area contributed by atoms with Crippen LogP contribution in [-0.4, -0.2) is 60.7 Å². The number of nitrogens with zero attached hydrogens (tertiary/aromatic N) is 5. The Hall–Kier alpha value is -2.78. The molecule has 2 aliphatic rings. The van der Waals surface area contributed by atoms with Gasteiger partial charge in [-0.15, -0.1) is 0 Å². The van der Waals surface area contributed by atoms with Crippen LogP contribution in [0.5, 0.6) is 5.75 Å². The van der Waals surface area contributed by atoms with Crippen LogP contribution in [0.25, 0.3) is 0 Å². The summed E-state index contributed by atoms with van der Waals surface area (Å²) in [5.41, 5.74) is 2.55. The van der Waals surface area contributed by atoms with E-state index >= 15 is 0 Å². The van der Waals surface area contributed by atoms with E-state index < -0.39 is 0 Å². The van der Waals surface area contributed by atoms with Crippen molar-refractivity contribution in [2.24, 2.45) is 0 Å². The van der Waals surface area contributed by atoms with Gasteiger partial charge in [0.1, 0.15) is 0 Å². The van der Waals surface area contributed by atoms with E-state index in [1.54, 1.807) is 18.2 Å². The summed E-state index contributed by atoms with van der Waals surface area (Å²) in [5, 5.41) is 11.6. The molecule has 1 fully saturated rings. The zero-order chi connectivity index (χ0) is 20.6. The highest BCUT2D eigenvalue weighted by Gasteiger charge is 2.45. The topological polar surface area (TPSA) is 93.9 Å². The van der Waals surface area contributed by atoms with Gasteiger partial charge in [0.05, 0.1) is 36.4 Å². The molecule has 1 unspecified atom stereocenters. The number of aromatic nitrogens is 2. The number of hydrogen-bond donors (Lipinski definition) is 0. The molecule has 9 nitrogen and oxygen atoms in total. The Morgan fingerprint density at radius 2 is 2.24 bits per heavy atom. The maximum atomic E-state index is 11.6. The summed E-state index contributed by atoms with van der Waals surface area (Å²) in [6, 6.07) is 5.21. The normalized spacial score (nSPS) is 21.2. The van der Waals surface area contributed by atoms with E-state index in [1.807, 2.05) is 25.2 Å². The van der Waals surface area contributed by atoms with Crippen molar-refractivity contribution in [2.45, 2.75) is 25.0 Å². The molecule has 1 aromatic carbocycles. The molecular formula is C20H25N5O4. The van der Waals surface area contributed by atoms with E-state index in [-0.39, 0.29) is 21.8 Å².